The van der Waals surface area contributed by atoms with Crippen LogP contribution in [0.15, 0.2) is 18.2 Å². The Morgan fingerprint density at radius 2 is 2.13 bits per heavy atom. The van der Waals surface area contributed by atoms with Gasteiger partial charge in [0.15, 0.2) is 0 Å². The molecule has 5 nitrogen and oxygen atoms in total. The van der Waals surface area contributed by atoms with Crippen molar-refractivity contribution in [1.82, 2.24) is 4.90 Å². The average molecular weight is 314 g/mol. The van der Waals surface area contributed by atoms with E-state index in [0.717, 1.165) is 24.8 Å². The molecule has 1 amide bonds. The number of aliphatic hydroxyl groups excluding tert-OH is 1. The number of hydrogen-bond acceptors (Lipinski definition) is 4. The molecule has 3 rings (SSSR count). The fraction of sp³-hybridized carbons (Fsp3) is 0.556. The van der Waals surface area contributed by atoms with E-state index in [4.69, 9.17) is 10.00 Å². The third-order valence-electron chi connectivity index (χ3n) is 4.79. The molecule has 0 unspecified atom stereocenters. The van der Waals surface area contributed by atoms with E-state index in [1.54, 1.807) is 23.1 Å². The number of ether oxygens (including phenoxy) is 1. The van der Waals surface area contributed by atoms with Gasteiger partial charge in [-0.1, -0.05) is 6.42 Å². The Labute approximate surface area is 136 Å². The van der Waals surface area contributed by atoms with Crippen LogP contribution in [0.25, 0.3) is 0 Å². The van der Waals surface area contributed by atoms with E-state index in [1.165, 1.54) is 0 Å². The van der Waals surface area contributed by atoms with Crippen molar-refractivity contribution in [3.05, 3.63) is 29.3 Å². The molecule has 0 bridgehead atoms. The normalized spacial score (nSPS) is 26.7. The summed E-state index contributed by atoms with van der Waals surface area (Å²) in [5, 5.41) is 20.0. The summed E-state index contributed by atoms with van der Waals surface area (Å²) in [6.07, 6.45) is 2.52. The monoisotopic (exact) mass is 314 g/mol. The third-order valence-corrected chi connectivity index (χ3v) is 4.79. The van der Waals surface area contributed by atoms with Gasteiger partial charge in [0.05, 0.1) is 17.7 Å². The van der Waals surface area contributed by atoms with Crippen molar-refractivity contribution in [2.24, 2.45) is 0 Å². The summed E-state index contributed by atoms with van der Waals surface area (Å²) in [4.78, 5) is 14.3. The lowest BCUT2D eigenvalue weighted by molar-refractivity contribution is -0.143. The smallest absolute Gasteiger partial charge is 0.223 e. The van der Waals surface area contributed by atoms with Gasteiger partial charge in [-0.3, -0.25) is 4.79 Å². The lowest BCUT2D eigenvalue weighted by atomic mass is 9.84. The predicted molar refractivity (Wildman–Crippen MR) is 84.8 cm³/mol. The van der Waals surface area contributed by atoms with Gasteiger partial charge >= 0.3 is 0 Å². The number of aliphatic hydroxyl groups is 1. The summed E-state index contributed by atoms with van der Waals surface area (Å²) < 4.78 is 5.92. The molecule has 1 aromatic carbocycles. The first-order chi connectivity index (χ1) is 10.9. The van der Waals surface area contributed by atoms with Gasteiger partial charge in [0.25, 0.3) is 0 Å². The average Bonchev–Trinajstić information content (AvgIpc) is 2.73. The van der Waals surface area contributed by atoms with Gasteiger partial charge in [0.1, 0.15) is 17.5 Å². The molecular weight excluding hydrogens is 292 g/mol. The van der Waals surface area contributed by atoms with Crippen LogP contribution < -0.4 is 4.74 Å². The highest BCUT2D eigenvalue weighted by Gasteiger charge is 2.46. The lowest BCUT2D eigenvalue weighted by Crippen LogP contribution is -2.54. The molecule has 23 heavy (non-hydrogen) atoms. The fourth-order valence-corrected chi connectivity index (χ4v) is 3.47. The Hall–Kier alpha value is -2.06. The number of nitrogens with zero attached hydrogens (tertiary/aromatic N) is 2. The molecule has 0 aromatic heterocycles. The van der Waals surface area contributed by atoms with Crippen LogP contribution in [0, 0.1) is 11.3 Å². The SMILES string of the molecule is CC1(C)Oc2ccc(C#N)cc2[C@@H](N2CCCCCC2=O)[C@@H]1O. The summed E-state index contributed by atoms with van der Waals surface area (Å²) in [5.41, 5.74) is 0.441. The minimum Gasteiger partial charge on any atom is -0.485 e. The highest BCUT2D eigenvalue weighted by molar-refractivity contribution is 5.77. The number of carbonyl (C=O) groups excluding carboxylic acids is 1. The van der Waals surface area contributed by atoms with Gasteiger partial charge in [0.2, 0.25) is 5.91 Å². The topological polar surface area (TPSA) is 73.6 Å². The molecule has 2 aliphatic heterocycles. The minimum atomic E-state index is -0.842. The summed E-state index contributed by atoms with van der Waals surface area (Å²) >= 11 is 0. The molecule has 0 radical (unpaired) electrons. The maximum atomic E-state index is 12.5. The van der Waals surface area contributed by atoms with Crippen molar-refractivity contribution in [1.29, 1.82) is 5.26 Å². The van der Waals surface area contributed by atoms with Gasteiger partial charge in [-0.15, -0.1) is 0 Å². The Balaban J connectivity index is 2.09. The molecule has 122 valence electrons. The third kappa shape index (κ3) is 2.79. The van der Waals surface area contributed by atoms with E-state index in [0.29, 0.717) is 24.3 Å². The van der Waals surface area contributed by atoms with Crippen molar-refractivity contribution in [2.45, 2.75) is 57.3 Å². The van der Waals surface area contributed by atoms with Crippen LogP contribution in [0.4, 0.5) is 0 Å². The van der Waals surface area contributed by atoms with Gasteiger partial charge in [-0.05, 0) is 44.9 Å². The van der Waals surface area contributed by atoms with Gasteiger partial charge in [-0.2, -0.15) is 5.26 Å². The standard InChI is InChI=1S/C18H22N2O3/c1-18(2)17(22)16(20-9-5-3-4-6-15(20)21)13-10-12(11-19)7-8-14(13)23-18/h7-8,10,16-17,22H,3-6,9H2,1-2H3/t16-,17+/m1/s1. The van der Waals surface area contributed by atoms with Crippen LogP contribution in [0.2, 0.25) is 0 Å². The van der Waals surface area contributed by atoms with Gasteiger partial charge < -0.3 is 14.7 Å². The van der Waals surface area contributed by atoms with Crippen molar-refractivity contribution < 1.29 is 14.6 Å². The van der Waals surface area contributed by atoms with E-state index >= 15 is 0 Å². The summed E-state index contributed by atoms with van der Waals surface area (Å²) in [5.74, 6) is 0.707. The Kier molecular flexibility index (Phi) is 4.03. The highest BCUT2D eigenvalue weighted by Crippen LogP contribution is 2.43. The van der Waals surface area contributed by atoms with E-state index in [2.05, 4.69) is 6.07 Å². The number of carbonyl (C=O) groups is 1. The Morgan fingerprint density at radius 1 is 1.35 bits per heavy atom. The zero-order valence-corrected chi connectivity index (χ0v) is 13.6. The maximum Gasteiger partial charge on any atom is 0.223 e. The molecule has 2 aliphatic rings. The molecular formula is C18H22N2O3. The molecule has 1 aromatic rings. The van der Waals surface area contributed by atoms with Crippen LogP contribution in [0.5, 0.6) is 5.75 Å². The molecule has 1 fully saturated rings. The maximum absolute atomic E-state index is 12.5. The van der Waals surface area contributed by atoms with E-state index in [-0.39, 0.29) is 5.91 Å². The van der Waals surface area contributed by atoms with Gasteiger partial charge in [-0.25, -0.2) is 0 Å². The van der Waals surface area contributed by atoms with Crippen LogP contribution >= 0.6 is 0 Å². The number of fused-ring (bicyclic) bond motifs is 1. The molecule has 2 atom stereocenters. The van der Waals surface area contributed by atoms with Crippen LogP contribution in [0.1, 0.15) is 56.7 Å². The number of likely N-dealkylation sites (tertiary alicyclic amines) is 1. The molecule has 0 saturated carbocycles. The fourth-order valence-electron chi connectivity index (χ4n) is 3.47. The number of nitriles is 1. The van der Waals surface area contributed by atoms with E-state index in [1.807, 2.05) is 13.8 Å². The van der Waals surface area contributed by atoms with Crippen LogP contribution in [-0.4, -0.2) is 34.2 Å². The second-order valence-electron chi connectivity index (χ2n) is 6.86. The summed E-state index contributed by atoms with van der Waals surface area (Å²) in [6, 6.07) is 6.85. The largest absolute Gasteiger partial charge is 0.485 e. The zero-order valence-electron chi connectivity index (χ0n) is 13.6. The van der Waals surface area contributed by atoms with Gasteiger partial charge in [0, 0.05) is 18.5 Å². The minimum absolute atomic E-state index is 0.0672. The van der Waals surface area contributed by atoms with Crippen molar-refractivity contribution in [3.63, 3.8) is 0 Å². The summed E-state index contributed by atoms with van der Waals surface area (Å²) in [7, 11) is 0. The number of benzene rings is 1. The predicted octanol–water partition coefficient (Wildman–Crippen LogP) is 2.53. The first-order valence-electron chi connectivity index (χ1n) is 8.14. The zero-order chi connectivity index (χ0) is 16.6. The first-order valence-corrected chi connectivity index (χ1v) is 8.14. The second-order valence-corrected chi connectivity index (χ2v) is 6.86. The number of hydrogen-bond donors (Lipinski definition) is 1. The Bertz CT molecular complexity index is 663. The molecule has 0 aliphatic carbocycles. The Morgan fingerprint density at radius 3 is 2.87 bits per heavy atom. The lowest BCUT2D eigenvalue weighted by Gasteiger charge is -2.46. The number of rotatable bonds is 1. The highest BCUT2D eigenvalue weighted by atomic mass is 16.5. The molecule has 1 N–H and O–H groups in total. The number of amides is 1. The first kappa shape index (κ1) is 15.8. The quantitative estimate of drug-likeness (QED) is 0.864. The summed E-state index contributed by atoms with van der Waals surface area (Å²) in [6.45, 7) is 4.29. The molecule has 5 heteroatoms. The second kappa shape index (κ2) is 5.86. The van der Waals surface area contributed by atoms with Crippen LogP contribution in [-0.2, 0) is 4.79 Å². The van der Waals surface area contributed by atoms with Crippen molar-refractivity contribution in [3.8, 4) is 11.8 Å². The molecule has 1 saturated heterocycles. The van der Waals surface area contributed by atoms with E-state index < -0.39 is 17.7 Å². The molecule has 2 heterocycles. The van der Waals surface area contributed by atoms with Crippen molar-refractivity contribution >= 4 is 5.91 Å². The van der Waals surface area contributed by atoms with E-state index in [9.17, 15) is 9.90 Å². The van der Waals surface area contributed by atoms with Crippen LogP contribution in [0.3, 0.4) is 0 Å². The molecule has 0 spiro atoms. The van der Waals surface area contributed by atoms with Crippen molar-refractivity contribution in [2.75, 3.05) is 6.54 Å².